The van der Waals surface area contributed by atoms with Gasteiger partial charge in [0.2, 0.25) is 0 Å². The quantitative estimate of drug-likeness (QED) is 0.726. The molecule has 1 aromatic heterocycles. The van der Waals surface area contributed by atoms with Gasteiger partial charge in [0.15, 0.2) is 0 Å². The lowest BCUT2D eigenvalue weighted by molar-refractivity contribution is -0.134. The van der Waals surface area contributed by atoms with Gasteiger partial charge in [0.25, 0.3) is 0 Å². The van der Waals surface area contributed by atoms with Gasteiger partial charge >= 0.3 is 6.18 Å². The van der Waals surface area contributed by atoms with Crippen LogP contribution in [0.4, 0.5) is 19.0 Å². The lowest BCUT2D eigenvalue weighted by atomic mass is 10.2. The molecule has 1 aromatic rings. The van der Waals surface area contributed by atoms with E-state index in [-0.39, 0.29) is 6.42 Å². The average Bonchev–Trinajstić information content (AvgIpc) is 3.19. The molecule has 0 amide bonds. The number of hydrogen-bond donors (Lipinski definition) is 1. The van der Waals surface area contributed by atoms with E-state index in [0.717, 1.165) is 35.1 Å². The maximum absolute atomic E-state index is 12.3. The van der Waals surface area contributed by atoms with Gasteiger partial charge in [0.05, 0.1) is 15.7 Å². The molecule has 2 rings (SSSR count). The molecule has 0 unspecified atom stereocenters. The molecule has 0 aromatic carbocycles. The van der Waals surface area contributed by atoms with E-state index in [0.29, 0.717) is 17.6 Å². The van der Waals surface area contributed by atoms with Crippen molar-refractivity contribution in [3.63, 3.8) is 0 Å². The Balaban J connectivity index is 2.20. The third-order valence-corrected chi connectivity index (χ3v) is 4.13. The van der Waals surface area contributed by atoms with E-state index in [1.165, 1.54) is 0 Å². The summed E-state index contributed by atoms with van der Waals surface area (Å²) in [6.45, 7) is 2.79. The molecule has 20 heavy (non-hydrogen) atoms. The molecule has 112 valence electrons. The maximum Gasteiger partial charge on any atom is 0.389 e. The summed E-state index contributed by atoms with van der Waals surface area (Å²) in [6, 6.07) is 0. The highest BCUT2D eigenvalue weighted by atomic mass is 127. The van der Waals surface area contributed by atoms with Crippen LogP contribution in [0.3, 0.4) is 0 Å². The minimum atomic E-state index is -4.16. The summed E-state index contributed by atoms with van der Waals surface area (Å²) in [7, 11) is 0. The van der Waals surface area contributed by atoms with E-state index in [4.69, 9.17) is 0 Å². The number of nitrogens with one attached hydrogen (secondary N) is 1. The van der Waals surface area contributed by atoms with Crippen LogP contribution in [0.2, 0.25) is 0 Å². The average molecular weight is 399 g/mol. The lowest BCUT2D eigenvalue weighted by Crippen LogP contribution is -2.14. The SMILES string of the molecule is CCCNc1nc(CCC(F)(F)F)nc(C2CC2)c1I. The smallest absolute Gasteiger partial charge is 0.369 e. The van der Waals surface area contributed by atoms with Gasteiger partial charge in [0, 0.05) is 18.9 Å². The molecule has 0 spiro atoms. The largest absolute Gasteiger partial charge is 0.389 e. The van der Waals surface area contributed by atoms with Gasteiger partial charge in [-0.15, -0.1) is 0 Å². The van der Waals surface area contributed by atoms with Crippen molar-refractivity contribution in [1.82, 2.24) is 9.97 Å². The summed E-state index contributed by atoms with van der Waals surface area (Å²) >= 11 is 2.19. The Labute approximate surface area is 129 Å². The highest BCUT2D eigenvalue weighted by Gasteiger charge is 2.31. The van der Waals surface area contributed by atoms with E-state index in [1.807, 2.05) is 6.92 Å². The van der Waals surface area contributed by atoms with Crippen molar-refractivity contribution < 1.29 is 13.2 Å². The number of nitrogens with zero attached hydrogens (tertiary/aromatic N) is 2. The topological polar surface area (TPSA) is 37.8 Å². The Hall–Kier alpha value is -0.600. The van der Waals surface area contributed by atoms with Gasteiger partial charge in [-0.25, -0.2) is 9.97 Å². The molecule has 1 fully saturated rings. The zero-order chi connectivity index (χ0) is 14.8. The predicted molar refractivity (Wildman–Crippen MR) is 79.9 cm³/mol. The number of halogens is 4. The molecular weight excluding hydrogens is 382 g/mol. The first-order chi connectivity index (χ1) is 9.40. The van der Waals surface area contributed by atoms with Crippen molar-refractivity contribution in [3.05, 3.63) is 15.1 Å². The summed E-state index contributed by atoms with van der Waals surface area (Å²) in [6.07, 6.45) is -2.11. The third kappa shape index (κ3) is 4.46. The van der Waals surface area contributed by atoms with Crippen LogP contribution in [-0.2, 0) is 6.42 Å². The Morgan fingerprint density at radius 1 is 1.30 bits per heavy atom. The molecule has 0 bridgehead atoms. The van der Waals surface area contributed by atoms with Crippen molar-refractivity contribution in [2.45, 2.75) is 51.1 Å². The fraction of sp³-hybridized carbons (Fsp3) is 0.692. The van der Waals surface area contributed by atoms with Crippen molar-refractivity contribution in [3.8, 4) is 0 Å². The van der Waals surface area contributed by atoms with Crippen molar-refractivity contribution in [2.75, 3.05) is 11.9 Å². The highest BCUT2D eigenvalue weighted by Crippen LogP contribution is 2.42. The van der Waals surface area contributed by atoms with Crippen molar-refractivity contribution >= 4 is 28.4 Å². The molecule has 0 saturated heterocycles. The number of alkyl halides is 3. The molecule has 1 aliphatic carbocycles. The molecule has 1 saturated carbocycles. The Bertz CT molecular complexity index is 473. The molecule has 0 aliphatic heterocycles. The Morgan fingerprint density at radius 2 is 2.00 bits per heavy atom. The summed E-state index contributed by atoms with van der Waals surface area (Å²) in [5, 5.41) is 3.18. The van der Waals surface area contributed by atoms with Gasteiger partial charge in [0.1, 0.15) is 11.6 Å². The summed E-state index contributed by atoms with van der Waals surface area (Å²) in [5.74, 6) is 1.38. The second-order valence-corrected chi connectivity index (χ2v) is 6.08. The second-order valence-electron chi connectivity index (χ2n) is 5.00. The zero-order valence-corrected chi connectivity index (χ0v) is 13.4. The number of anilines is 1. The van der Waals surface area contributed by atoms with Gasteiger partial charge in [-0.3, -0.25) is 0 Å². The fourth-order valence-electron chi connectivity index (χ4n) is 1.87. The van der Waals surface area contributed by atoms with E-state index < -0.39 is 12.6 Å². The second kappa shape index (κ2) is 6.44. The number of rotatable bonds is 6. The van der Waals surface area contributed by atoms with Gasteiger partial charge in [-0.2, -0.15) is 13.2 Å². The van der Waals surface area contributed by atoms with Crippen LogP contribution in [0.5, 0.6) is 0 Å². The summed E-state index contributed by atoms with van der Waals surface area (Å²) in [4.78, 5) is 8.60. The monoisotopic (exact) mass is 399 g/mol. The molecule has 7 heteroatoms. The number of aryl methyl sites for hydroxylation is 1. The van der Waals surface area contributed by atoms with Gasteiger partial charge < -0.3 is 5.32 Å². The third-order valence-electron chi connectivity index (χ3n) is 3.06. The van der Waals surface area contributed by atoms with Crippen LogP contribution in [0.25, 0.3) is 0 Å². The number of aromatic nitrogens is 2. The first-order valence-corrected chi connectivity index (χ1v) is 7.85. The molecular formula is C13H17F3IN3. The van der Waals surface area contributed by atoms with E-state index in [9.17, 15) is 13.2 Å². The van der Waals surface area contributed by atoms with Crippen LogP contribution in [0.1, 0.15) is 50.0 Å². The van der Waals surface area contributed by atoms with E-state index in [1.54, 1.807) is 0 Å². The van der Waals surface area contributed by atoms with E-state index in [2.05, 4.69) is 37.9 Å². The molecule has 0 atom stereocenters. The minimum absolute atomic E-state index is 0.152. The summed E-state index contributed by atoms with van der Waals surface area (Å²) in [5.41, 5.74) is 0.913. The minimum Gasteiger partial charge on any atom is -0.369 e. The molecule has 1 heterocycles. The highest BCUT2D eigenvalue weighted by molar-refractivity contribution is 14.1. The maximum atomic E-state index is 12.3. The van der Waals surface area contributed by atoms with Crippen molar-refractivity contribution in [1.29, 1.82) is 0 Å². The van der Waals surface area contributed by atoms with Gasteiger partial charge in [-0.1, -0.05) is 6.92 Å². The van der Waals surface area contributed by atoms with Crippen LogP contribution >= 0.6 is 22.6 Å². The van der Waals surface area contributed by atoms with Crippen LogP contribution in [0, 0.1) is 3.57 Å². The first kappa shape index (κ1) is 15.8. The van der Waals surface area contributed by atoms with Crippen molar-refractivity contribution in [2.24, 2.45) is 0 Å². The molecule has 3 nitrogen and oxygen atoms in total. The molecule has 0 radical (unpaired) electrons. The molecule has 1 N–H and O–H groups in total. The summed E-state index contributed by atoms with van der Waals surface area (Å²) < 4.78 is 37.9. The normalized spacial score (nSPS) is 15.4. The van der Waals surface area contributed by atoms with Gasteiger partial charge in [-0.05, 0) is 41.9 Å². The lowest BCUT2D eigenvalue weighted by Gasteiger charge is -2.13. The molecule has 1 aliphatic rings. The Kier molecular flexibility index (Phi) is 5.09. The first-order valence-electron chi connectivity index (χ1n) is 6.77. The Morgan fingerprint density at radius 3 is 2.55 bits per heavy atom. The standard InChI is InChI=1S/C13H17F3IN3/c1-2-7-18-12-10(17)11(8-3-4-8)19-9(20-12)5-6-13(14,15)16/h8H,2-7H2,1H3,(H,18,19,20). The van der Waals surface area contributed by atoms with Crippen LogP contribution in [0.15, 0.2) is 0 Å². The van der Waals surface area contributed by atoms with Crippen LogP contribution in [-0.4, -0.2) is 22.7 Å². The number of hydrogen-bond acceptors (Lipinski definition) is 3. The van der Waals surface area contributed by atoms with E-state index >= 15 is 0 Å². The van der Waals surface area contributed by atoms with Crippen LogP contribution < -0.4 is 5.32 Å². The predicted octanol–water partition coefficient (Wildman–Crippen LogP) is 4.28. The zero-order valence-electron chi connectivity index (χ0n) is 11.2. The fourth-order valence-corrected chi connectivity index (χ4v) is 2.74.